The highest BCUT2D eigenvalue weighted by molar-refractivity contribution is 6.31. The maximum atomic E-state index is 11.4. The minimum absolute atomic E-state index is 0.0970. The number of nitrogens with zero attached hydrogens (tertiary/aromatic N) is 1. The molecule has 0 aliphatic heterocycles. The number of hydrogen-bond donors (Lipinski definition) is 2. The van der Waals surface area contributed by atoms with Crippen molar-refractivity contribution in [3.63, 3.8) is 0 Å². The number of nitro groups is 1. The van der Waals surface area contributed by atoms with Gasteiger partial charge in [0.15, 0.2) is 0 Å². The second-order valence-electron chi connectivity index (χ2n) is 3.65. The average molecular weight is 258 g/mol. The number of rotatable bonds is 4. The first-order valence-corrected chi connectivity index (χ1v) is 5.27. The van der Waals surface area contributed by atoms with Gasteiger partial charge >= 0.3 is 0 Å². The monoisotopic (exact) mass is 257 g/mol. The highest BCUT2D eigenvalue weighted by Crippen LogP contribution is 2.27. The minimum Gasteiger partial charge on any atom is -0.327 e. The smallest absolute Gasteiger partial charge is 0.294 e. The van der Waals surface area contributed by atoms with Gasteiger partial charge in [-0.3, -0.25) is 14.9 Å². The molecule has 0 radical (unpaired) electrons. The van der Waals surface area contributed by atoms with Gasteiger partial charge in [-0.15, -0.1) is 0 Å². The average Bonchev–Trinajstić information content (AvgIpc) is 2.19. The molecular formula is C10H12ClN3O3. The summed E-state index contributed by atoms with van der Waals surface area (Å²) in [6.45, 7) is 1.68. The van der Waals surface area contributed by atoms with Gasteiger partial charge in [0.25, 0.3) is 5.69 Å². The van der Waals surface area contributed by atoms with E-state index in [0.29, 0.717) is 0 Å². The molecule has 7 heteroatoms. The lowest BCUT2D eigenvalue weighted by Gasteiger charge is -2.07. The molecule has 1 amide bonds. The summed E-state index contributed by atoms with van der Waals surface area (Å²) >= 11 is 5.64. The van der Waals surface area contributed by atoms with Crippen LogP contribution in [0, 0.1) is 10.1 Å². The van der Waals surface area contributed by atoms with Crippen LogP contribution in [0.4, 0.5) is 11.4 Å². The van der Waals surface area contributed by atoms with Crippen molar-refractivity contribution >= 4 is 28.9 Å². The maximum Gasteiger partial charge on any atom is 0.294 e. The molecule has 1 unspecified atom stereocenters. The fourth-order valence-corrected chi connectivity index (χ4v) is 1.42. The van der Waals surface area contributed by atoms with Crippen LogP contribution in [-0.2, 0) is 4.79 Å². The van der Waals surface area contributed by atoms with Gasteiger partial charge in [0.2, 0.25) is 5.91 Å². The Morgan fingerprint density at radius 1 is 1.65 bits per heavy atom. The number of halogens is 1. The third-order valence-corrected chi connectivity index (χ3v) is 2.17. The Kier molecular flexibility index (Phi) is 4.42. The Labute approximate surface area is 103 Å². The second kappa shape index (κ2) is 5.60. The summed E-state index contributed by atoms with van der Waals surface area (Å²) in [5.74, 6) is -0.370. The largest absolute Gasteiger partial charge is 0.327 e. The number of carbonyl (C=O) groups excluding carboxylic acids is 1. The first-order chi connectivity index (χ1) is 7.90. The van der Waals surface area contributed by atoms with Crippen LogP contribution in [0.2, 0.25) is 5.02 Å². The molecule has 0 aliphatic carbocycles. The van der Waals surface area contributed by atoms with Gasteiger partial charge in [0, 0.05) is 23.6 Å². The number of amides is 1. The summed E-state index contributed by atoms with van der Waals surface area (Å²) in [6.07, 6.45) is 0.0970. The molecule has 1 aromatic carbocycles. The van der Waals surface area contributed by atoms with Gasteiger partial charge in [-0.05, 0) is 19.1 Å². The number of carbonyl (C=O) groups is 1. The summed E-state index contributed by atoms with van der Waals surface area (Å²) in [5, 5.41) is 13.4. The summed E-state index contributed by atoms with van der Waals surface area (Å²) in [6, 6.07) is 3.74. The summed E-state index contributed by atoms with van der Waals surface area (Å²) < 4.78 is 0. The molecule has 0 saturated heterocycles. The summed E-state index contributed by atoms with van der Waals surface area (Å²) in [5.41, 5.74) is 5.33. The van der Waals surface area contributed by atoms with E-state index in [0.717, 1.165) is 0 Å². The number of nitrogens with one attached hydrogen (secondary N) is 1. The second-order valence-corrected chi connectivity index (χ2v) is 4.08. The Hall–Kier alpha value is -1.66. The van der Waals surface area contributed by atoms with Crippen molar-refractivity contribution in [3.8, 4) is 0 Å². The standard InChI is InChI=1S/C10H12ClN3O3/c1-6(12)4-10(15)13-8-3-2-7(11)5-9(8)14(16)17/h2-3,5-6H,4,12H2,1H3,(H,13,15). The van der Waals surface area contributed by atoms with Gasteiger partial charge in [-0.2, -0.15) is 0 Å². The normalized spacial score (nSPS) is 11.9. The number of nitrogens with two attached hydrogens (primary N) is 1. The van der Waals surface area contributed by atoms with Crippen molar-refractivity contribution in [1.29, 1.82) is 0 Å². The van der Waals surface area contributed by atoms with E-state index < -0.39 is 4.92 Å². The predicted octanol–water partition coefficient (Wildman–Crippen LogP) is 1.92. The number of hydrogen-bond acceptors (Lipinski definition) is 4. The topological polar surface area (TPSA) is 98.3 Å². The highest BCUT2D eigenvalue weighted by Gasteiger charge is 2.16. The molecule has 1 aromatic rings. The zero-order valence-electron chi connectivity index (χ0n) is 9.14. The van der Waals surface area contributed by atoms with Crippen molar-refractivity contribution in [2.45, 2.75) is 19.4 Å². The minimum atomic E-state index is -0.604. The van der Waals surface area contributed by atoms with Gasteiger partial charge in [0.05, 0.1) is 4.92 Å². The van der Waals surface area contributed by atoms with Crippen molar-refractivity contribution in [2.24, 2.45) is 5.73 Å². The SMILES string of the molecule is CC(N)CC(=O)Nc1ccc(Cl)cc1[N+](=O)[O-]. The van der Waals surface area contributed by atoms with Crippen molar-refractivity contribution in [3.05, 3.63) is 33.3 Å². The van der Waals surface area contributed by atoms with E-state index in [-0.39, 0.29) is 34.8 Å². The molecule has 0 spiro atoms. The Morgan fingerprint density at radius 2 is 2.29 bits per heavy atom. The summed E-state index contributed by atoms with van der Waals surface area (Å²) in [7, 11) is 0. The molecule has 1 atom stereocenters. The van der Waals surface area contributed by atoms with Crippen LogP contribution < -0.4 is 11.1 Å². The maximum absolute atomic E-state index is 11.4. The van der Waals surface area contributed by atoms with E-state index in [1.54, 1.807) is 6.92 Å². The van der Waals surface area contributed by atoms with Gasteiger partial charge in [-0.25, -0.2) is 0 Å². The van der Waals surface area contributed by atoms with Crippen molar-refractivity contribution in [1.82, 2.24) is 0 Å². The Morgan fingerprint density at radius 3 is 2.82 bits per heavy atom. The van der Waals surface area contributed by atoms with E-state index in [9.17, 15) is 14.9 Å². The van der Waals surface area contributed by atoms with Gasteiger partial charge < -0.3 is 11.1 Å². The number of benzene rings is 1. The van der Waals surface area contributed by atoms with Gasteiger partial charge in [0.1, 0.15) is 5.69 Å². The molecule has 92 valence electrons. The van der Waals surface area contributed by atoms with E-state index >= 15 is 0 Å². The predicted molar refractivity (Wildman–Crippen MR) is 65.0 cm³/mol. The van der Waals surface area contributed by atoms with Gasteiger partial charge in [-0.1, -0.05) is 11.6 Å². The Balaban J connectivity index is 2.91. The van der Waals surface area contributed by atoms with Crippen LogP contribution in [0.15, 0.2) is 18.2 Å². The van der Waals surface area contributed by atoms with Crippen LogP contribution in [-0.4, -0.2) is 16.9 Å². The van der Waals surface area contributed by atoms with Crippen LogP contribution in [0.3, 0.4) is 0 Å². The molecule has 1 rings (SSSR count). The van der Waals surface area contributed by atoms with E-state index in [4.69, 9.17) is 17.3 Å². The molecule has 6 nitrogen and oxygen atoms in total. The number of anilines is 1. The van der Waals surface area contributed by atoms with E-state index in [1.807, 2.05) is 0 Å². The molecule has 17 heavy (non-hydrogen) atoms. The summed E-state index contributed by atoms with van der Waals surface area (Å²) in [4.78, 5) is 21.6. The lowest BCUT2D eigenvalue weighted by atomic mass is 10.2. The molecule has 0 bridgehead atoms. The lowest BCUT2D eigenvalue weighted by Crippen LogP contribution is -2.24. The zero-order chi connectivity index (χ0) is 13.0. The van der Waals surface area contributed by atoms with Crippen LogP contribution in [0.5, 0.6) is 0 Å². The number of nitro benzene ring substituents is 1. The quantitative estimate of drug-likeness (QED) is 0.636. The van der Waals surface area contributed by atoms with E-state index in [1.165, 1.54) is 18.2 Å². The fourth-order valence-electron chi connectivity index (χ4n) is 1.26. The first kappa shape index (κ1) is 13.4. The third kappa shape index (κ3) is 4.01. The molecule has 0 aromatic heterocycles. The fraction of sp³-hybridized carbons (Fsp3) is 0.300. The van der Waals surface area contributed by atoms with E-state index in [2.05, 4.69) is 5.32 Å². The first-order valence-electron chi connectivity index (χ1n) is 4.89. The third-order valence-electron chi connectivity index (χ3n) is 1.94. The van der Waals surface area contributed by atoms with Crippen LogP contribution >= 0.6 is 11.6 Å². The molecule has 0 aliphatic rings. The molecular weight excluding hydrogens is 246 g/mol. The highest BCUT2D eigenvalue weighted by atomic mass is 35.5. The molecule has 0 fully saturated rings. The zero-order valence-corrected chi connectivity index (χ0v) is 9.90. The van der Waals surface area contributed by atoms with Crippen molar-refractivity contribution < 1.29 is 9.72 Å². The van der Waals surface area contributed by atoms with Crippen molar-refractivity contribution in [2.75, 3.05) is 5.32 Å². The molecule has 0 saturated carbocycles. The molecule has 0 heterocycles. The van der Waals surface area contributed by atoms with Crippen LogP contribution in [0.1, 0.15) is 13.3 Å². The molecule has 3 N–H and O–H groups in total. The van der Waals surface area contributed by atoms with Crippen LogP contribution in [0.25, 0.3) is 0 Å². The Bertz CT molecular complexity index is 448. The lowest BCUT2D eigenvalue weighted by molar-refractivity contribution is -0.383.